The molecule has 1 aromatic carbocycles. The van der Waals surface area contributed by atoms with E-state index < -0.39 is 0 Å². The number of anilines is 1. The number of pyridine rings is 1. The number of rotatable bonds is 6. The number of nitrogens with zero attached hydrogens (tertiary/aromatic N) is 1. The van der Waals surface area contributed by atoms with E-state index in [4.69, 9.17) is 0 Å². The SMILES string of the molecule is CCCNC(=O)c1cc(NCc2ccccc2)ccn1. The van der Waals surface area contributed by atoms with E-state index in [-0.39, 0.29) is 5.91 Å². The Kier molecular flexibility index (Phi) is 5.12. The van der Waals surface area contributed by atoms with E-state index >= 15 is 0 Å². The minimum Gasteiger partial charge on any atom is -0.381 e. The van der Waals surface area contributed by atoms with Crippen molar-refractivity contribution in [3.8, 4) is 0 Å². The van der Waals surface area contributed by atoms with Crippen LogP contribution in [0.2, 0.25) is 0 Å². The van der Waals surface area contributed by atoms with Crippen molar-refractivity contribution in [3.63, 3.8) is 0 Å². The van der Waals surface area contributed by atoms with Gasteiger partial charge in [0.15, 0.2) is 0 Å². The Morgan fingerprint density at radius 1 is 1.20 bits per heavy atom. The van der Waals surface area contributed by atoms with Crippen molar-refractivity contribution < 1.29 is 4.79 Å². The zero-order chi connectivity index (χ0) is 14.2. The molecule has 4 heteroatoms. The Morgan fingerprint density at radius 3 is 2.75 bits per heavy atom. The Morgan fingerprint density at radius 2 is 2.00 bits per heavy atom. The van der Waals surface area contributed by atoms with Crippen molar-refractivity contribution in [1.82, 2.24) is 10.3 Å². The van der Waals surface area contributed by atoms with Gasteiger partial charge in [0.1, 0.15) is 5.69 Å². The summed E-state index contributed by atoms with van der Waals surface area (Å²) in [5.74, 6) is -0.129. The normalized spacial score (nSPS) is 10.1. The third-order valence-corrected chi connectivity index (χ3v) is 2.87. The highest BCUT2D eigenvalue weighted by Gasteiger charge is 2.06. The van der Waals surface area contributed by atoms with Gasteiger partial charge in [0, 0.05) is 25.0 Å². The van der Waals surface area contributed by atoms with Gasteiger partial charge in [0.2, 0.25) is 0 Å². The molecule has 0 saturated heterocycles. The molecule has 4 nitrogen and oxygen atoms in total. The number of hydrogen-bond donors (Lipinski definition) is 2. The summed E-state index contributed by atoms with van der Waals surface area (Å²) in [4.78, 5) is 15.9. The minimum absolute atomic E-state index is 0.129. The van der Waals surface area contributed by atoms with Crippen LogP contribution in [0.25, 0.3) is 0 Å². The first-order chi connectivity index (χ1) is 9.79. The highest BCUT2D eigenvalue weighted by Crippen LogP contribution is 2.10. The molecular weight excluding hydrogens is 250 g/mol. The fourth-order valence-corrected chi connectivity index (χ4v) is 1.79. The molecule has 0 bridgehead atoms. The number of carbonyl (C=O) groups is 1. The average molecular weight is 269 g/mol. The molecule has 1 heterocycles. The van der Waals surface area contributed by atoms with Crippen LogP contribution < -0.4 is 10.6 Å². The van der Waals surface area contributed by atoms with E-state index in [0.717, 1.165) is 18.7 Å². The Balaban J connectivity index is 1.97. The van der Waals surface area contributed by atoms with Crippen molar-refractivity contribution in [1.29, 1.82) is 0 Å². The predicted octanol–water partition coefficient (Wildman–Crippen LogP) is 2.83. The molecule has 0 spiro atoms. The second-order valence-electron chi connectivity index (χ2n) is 4.52. The van der Waals surface area contributed by atoms with Gasteiger partial charge in [0.25, 0.3) is 5.91 Å². The zero-order valence-electron chi connectivity index (χ0n) is 11.6. The number of hydrogen-bond acceptors (Lipinski definition) is 3. The van der Waals surface area contributed by atoms with E-state index in [9.17, 15) is 4.79 Å². The molecule has 104 valence electrons. The largest absolute Gasteiger partial charge is 0.381 e. The van der Waals surface area contributed by atoms with Crippen LogP contribution in [0.5, 0.6) is 0 Å². The van der Waals surface area contributed by atoms with Crippen LogP contribution in [0.15, 0.2) is 48.7 Å². The first-order valence-corrected chi connectivity index (χ1v) is 6.81. The van der Waals surface area contributed by atoms with Crippen LogP contribution in [0.1, 0.15) is 29.4 Å². The molecule has 1 aromatic heterocycles. The van der Waals surface area contributed by atoms with Crippen molar-refractivity contribution in [2.45, 2.75) is 19.9 Å². The highest BCUT2D eigenvalue weighted by atomic mass is 16.1. The van der Waals surface area contributed by atoms with Gasteiger partial charge in [-0.1, -0.05) is 37.3 Å². The first kappa shape index (κ1) is 14.1. The maximum atomic E-state index is 11.8. The van der Waals surface area contributed by atoms with Crippen LogP contribution in [-0.2, 0) is 6.54 Å². The smallest absolute Gasteiger partial charge is 0.269 e. The van der Waals surface area contributed by atoms with Crippen LogP contribution in [-0.4, -0.2) is 17.4 Å². The molecule has 2 aromatic rings. The predicted molar refractivity (Wildman–Crippen MR) is 80.6 cm³/mol. The van der Waals surface area contributed by atoms with Crippen LogP contribution in [0.3, 0.4) is 0 Å². The Hall–Kier alpha value is -2.36. The lowest BCUT2D eigenvalue weighted by atomic mass is 10.2. The Bertz CT molecular complexity index is 555. The van der Waals surface area contributed by atoms with Gasteiger partial charge < -0.3 is 10.6 Å². The zero-order valence-corrected chi connectivity index (χ0v) is 11.6. The lowest BCUT2D eigenvalue weighted by molar-refractivity contribution is 0.0949. The van der Waals surface area contributed by atoms with Crippen molar-refractivity contribution in [3.05, 3.63) is 59.9 Å². The Labute approximate surface area is 119 Å². The summed E-state index contributed by atoms with van der Waals surface area (Å²) in [6, 6.07) is 13.8. The fourth-order valence-electron chi connectivity index (χ4n) is 1.79. The monoisotopic (exact) mass is 269 g/mol. The third kappa shape index (κ3) is 4.09. The molecule has 0 fully saturated rings. The average Bonchev–Trinajstić information content (AvgIpc) is 2.52. The molecule has 0 radical (unpaired) electrons. The fraction of sp³-hybridized carbons (Fsp3) is 0.250. The molecular formula is C16H19N3O. The lowest BCUT2D eigenvalue weighted by Gasteiger charge is -2.08. The maximum Gasteiger partial charge on any atom is 0.269 e. The maximum absolute atomic E-state index is 11.8. The van der Waals surface area contributed by atoms with Gasteiger partial charge in [-0.05, 0) is 24.1 Å². The van der Waals surface area contributed by atoms with Gasteiger partial charge >= 0.3 is 0 Å². The minimum atomic E-state index is -0.129. The number of carbonyl (C=O) groups excluding carboxylic acids is 1. The van der Waals surface area contributed by atoms with Gasteiger partial charge in [-0.15, -0.1) is 0 Å². The molecule has 0 unspecified atom stereocenters. The number of benzene rings is 1. The van der Waals surface area contributed by atoms with Gasteiger partial charge in [0.05, 0.1) is 0 Å². The number of aromatic nitrogens is 1. The molecule has 1 amide bonds. The second-order valence-corrected chi connectivity index (χ2v) is 4.52. The summed E-state index contributed by atoms with van der Waals surface area (Å²) < 4.78 is 0. The van der Waals surface area contributed by atoms with Gasteiger partial charge in [-0.25, -0.2) is 0 Å². The van der Waals surface area contributed by atoms with Crippen molar-refractivity contribution in [2.24, 2.45) is 0 Å². The van der Waals surface area contributed by atoms with E-state index in [2.05, 4.69) is 27.8 Å². The van der Waals surface area contributed by atoms with E-state index in [1.54, 1.807) is 12.3 Å². The summed E-state index contributed by atoms with van der Waals surface area (Å²) in [6.45, 7) is 3.41. The summed E-state index contributed by atoms with van der Waals surface area (Å²) in [7, 11) is 0. The van der Waals surface area contributed by atoms with Gasteiger partial charge in [-0.2, -0.15) is 0 Å². The summed E-state index contributed by atoms with van der Waals surface area (Å²) in [5, 5.41) is 6.11. The molecule has 2 N–H and O–H groups in total. The highest BCUT2D eigenvalue weighted by molar-refractivity contribution is 5.93. The molecule has 0 aliphatic heterocycles. The summed E-state index contributed by atoms with van der Waals surface area (Å²) in [6.07, 6.45) is 2.56. The van der Waals surface area contributed by atoms with E-state index in [1.165, 1.54) is 5.56 Å². The topological polar surface area (TPSA) is 54.0 Å². The van der Waals surface area contributed by atoms with Crippen LogP contribution in [0, 0.1) is 0 Å². The van der Waals surface area contributed by atoms with Crippen LogP contribution >= 0.6 is 0 Å². The van der Waals surface area contributed by atoms with Gasteiger partial charge in [-0.3, -0.25) is 9.78 Å². The molecule has 20 heavy (non-hydrogen) atoms. The first-order valence-electron chi connectivity index (χ1n) is 6.81. The van der Waals surface area contributed by atoms with Crippen molar-refractivity contribution in [2.75, 3.05) is 11.9 Å². The molecule has 0 aliphatic rings. The quantitative estimate of drug-likeness (QED) is 0.848. The van der Waals surface area contributed by atoms with E-state index in [1.807, 2.05) is 31.2 Å². The number of nitrogens with one attached hydrogen (secondary N) is 2. The van der Waals surface area contributed by atoms with Crippen LogP contribution in [0.4, 0.5) is 5.69 Å². The second kappa shape index (κ2) is 7.28. The summed E-state index contributed by atoms with van der Waals surface area (Å²) >= 11 is 0. The van der Waals surface area contributed by atoms with Crippen molar-refractivity contribution >= 4 is 11.6 Å². The number of amides is 1. The molecule has 0 aliphatic carbocycles. The molecule has 2 rings (SSSR count). The third-order valence-electron chi connectivity index (χ3n) is 2.87. The lowest BCUT2D eigenvalue weighted by Crippen LogP contribution is -2.24. The van der Waals surface area contributed by atoms with E-state index in [0.29, 0.717) is 12.2 Å². The molecule has 0 saturated carbocycles. The summed E-state index contributed by atoms with van der Waals surface area (Å²) in [5.41, 5.74) is 2.53. The standard InChI is InChI=1S/C16H19N3O/c1-2-9-18-16(20)15-11-14(8-10-17-15)19-12-13-6-4-3-5-7-13/h3-8,10-11H,2,9,12H2,1H3,(H,17,19)(H,18,20). The molecule has 0 atom stereocenters.